The summed E-state index contributed by atoms with van der Waals surface area (Å²) in [5.41, 5.74) is 2.29. The molecule has 2 amide bonds. The molecule has 1 fully saturated rings. The van der Waals surface area contributed by atoms with Crippen LogP contribution in [0.5, 0.6) is 0 Å². The molecule has 0 spiro atoms. The van der Waals surface area contributed by atoms with Crippen LogP contribution in [-0.4, -0.2) is 60.9 Å². The predicted molar refractivity (Wildman–Crippen MR) is 138 cm³/mol. The van der Waals surface area contributed by atoms with Crippen molar-refractivity contribution in [2.45, 2.75) is 6.92 Å². The van der Waals surface area contributed by atoms with Crippen molar-refractivity contribution >= 4 is 34.8 Å². The van der Waals surface area contributed by atoms with Gasteiger partial charge in [0.1, 0.15) is 0 Å². The highest BCUT2D eigenvalue weighted by atomic mass is 16.6. The van der Waals surface area contributed by atoms with Gasteiger partial charge in [-0.15, -0.1) is 0 Å². The van der Waals surface area contributed by atoms with Crippen LogP contribution in [0.1, 0.15) is 36.6 Å². The van der Waals surface area contributed by atoms with Gasteiger partial charge in [0.2, 0.25) is 0 Å². The third kappa shape index (κ3) is 5.58. The zero-order valence-corrected chi connectivity index (χ0v) is 20.5. The average molecular weight is 503 g/mol. The van der Waals surface area contributed by atoms with Crippen LogP contribution in [0.15, 0.2) is 66.7 Å². The summed E-state index contributed by atoms with van der Waals surface area (Å²) in [6.07, 6.45) is 0. The van der Waals surface area contributed by atoms with E-state index in [-0.39, 0.29) is 22.7 Å². The van der Waals surface area contributed by atoms with Gasteiger partial charge in [-0.2, -0.15) is 0 Å². The molecule has 0 aromatic heterocycles. The number of anilines is 2. The Labute approximate surface area is 213 Å². The van der Waals surface area contributed by atoms with Gasteiger partial charge < -0.3 is 19.9 Å². The Kier molecular flexibility index (Phi) is 7.47. The van der Waals surface area contributed by atoms with E-state index in [0.717, 1.165) is 0 Å². The molecule has 1 N–H and O–H groups in total. The van der Waals surface area contributed by atoms with E-state index in [1.165, 1.54) is 31.4 Å². The molecule has 190 valence electrons. The van der Waals surface area contributed by atoms with Gasteiger partial charge in [0.15, 0.2) is 0 Å². The van der Waals surface area contributed by atoms with E-state index in [0.29, 0.717) is 48.7 Å². The molecule has 1 aliphatic heterocycles. The highest BCUT2D eigenvalue weighted by Gasteiger charge is 2.25. The van der Waals surface area contributed by atoms with Gasteiger partial charge >= 0.3 is 5.97 Å². The molecule has 10 nitrogen and oxygen atoms in total. The summed E-state index contributed by atoms with van der Waals surface area (Å²) in [5.74, 6) is -1.16. The van der Waals surface area contributed by atoms with Gasteiger partial charge in [-0.3, -0.25) is 19.7 Å². The number of hydrogen-bond donors (Lipinski definition) is 1. The number of esters is 1. The van der Waals surface area contributed by atoms with E-state index < -0.39 is 16.8 Å². The van der Waals surface area contributed by atoms with Crippen LogP contribution in [0.2, 0.25) is 0 Å². The number of rotatable bonds is 6. The van der Waals surface area contributed by atoms with E-state index in [1.54, 1.807) is 36.1 Å². The van der Waals surface area contributed by atoms with Gasteiger partial charge in [-0.05, 0) is 43.3 Å². The Morgan fingerprint density at radius 3 is 2.22 bits per heavy atom. The van der Waals surface area contributed by atoms with Crippen molar-refractivity contribution in [2.24, 2.45) is 0 Å². The minimum Gasteiger partial charge on any atom is -0.465 e. The second-order valence-electron chi connectivity index (χ2n) is 8.58. The first-order chi connectivity index (χ1) is 17.8. The monoisotopic (exact) mass is 502 g/mol. The summed E-state index contributed by atoms with van der Waals surface area (Å²) in [4.78, 5) is 52.6. The number of nitrogens with zero attached hydrogens (tertiary/aromatic N) is 3. The second kappa shape index (κ2) is 10.9. The van der Waals surface area contributed by atoms with Gasteiger partial charge in [-0.25, -0.2) is 4.79 Å². The molecule has 1 heterocycles. The standard InChI is InChI=1S/C27H26N4O6/c1-18-8-9-20(17-24(18)31(35)36)25(32)28-22-16-21(27(34)37-2)10-11-23(22)29-12-14-30(15-13-29)26(33)19-6-4-3-5-7-19/h3-11,16-17H,12-15H2,1-2H3,(H,28,32). The molecule has 0 radical (unpaired) electrons. The zero-order valence-electron chi connectivity index (χ0n) is 20.5. The van der Waals surface area contributed by atoms with Crippen LogP contribution in [0.4, 0.5) is 17.1 Å². The lowest BCUT2D eigenvalue weighted by molar-refractivity contribution is -0.385. The SMILES string of the molecule is COC(=O)c1ccc(N2CCN(C(=O)c3ccccc3)CC2)c(NC(=O)c2ccc(C)c([N+](=O)[O-])c2)c1. The first-order valence-electron chi connectivity index (χ1n) is 11.7. The molecular formula is C27H26N4O6. The van der Waals surface area contributed by atoms with Crippen molar-refractivity contribution in [1.29, 1.82) is 0 Å². The molecule has 10 heteroatoms. The number of nitrogens with one attached hydrogen (secondary N) is 1. The Morgan fingerprint density at radius 1 is 0.892 bits per heavy atom. The third-order valence-electron chi connectivity index (χ3n) is 6.26. The molecule has 0 bridgehead atoms. The highest BCUT2D eigenvalue weighted by Crippen LogP contribution is 2.30. The van der Waals surface area contributed by atoms with E-state index in [9.17, 15) is 24.5 Å². The number of methoxy groups -OCH3 is 1. The number of nitro benzene ring substituents is 1. The topological polar surface area (TPSA) is 122 Å². The van der Waals surface area contributed by atoms with Crippen LogP contribution in [-0.2, 0) is 4.74 Å². The first-order valence-corrected chi connectivity index (χ1v) is 11.7. The molecule has 0 unspecified atom stereocenters. The van der Waals surface area contributed by atoms with Crippen LogP contribution in [0.3, 0.4) is 0 Å². The molecule has 0 atom stereocenters. The van der Waals surface area contributed by atoms with E-state index in [2.05, 4.69) is 5.32 Å². The Bertz CT molecular complexity index is 1350. The lowest BCUT2D eigenvalue weighted by Crippen LogP contribution is -2.49. The van der Waals surface area contributed by atoms with Gasteiger partial charge in [0.05, 0.1) is 29.0 Å². The number of hydrogen-bond acceptors (Lipinski definition) is 7. The molecule has 4 rings (SSSR count). The Morgan fingerprint density at radius 2 is 1.57 bits per heavy atom. The summed E-state index contributed by atoms with van der Waals surface area (Å²) < 4.78 is 4.82. The number of carbonyl (C=O) groups is 3. The van der Waals surface area contributed by atoms with Gasteiger partial charge in [0.25, 0.3) is 17.5 Å². The lowest BCUT2D eigenvalue weighted by atomic mass is 10.1. The minimum atomic E-state index is -0.564. The highest BCUT2D eigenvalue weighted by molar-refractivity contribution is 6.07. The van der Waals surface area contributed by atoms with E-state index in [4.69, 9.17) is 4.74 Å². The fourth-order valence-corrected chi connectivity index (χ4v) is 4.21. The number of benzene rings is 3. The fraction of sp³-hybridized carbons (Fsp3) is 0.222. The molecule has 3 aromatic rings. The predicted octanol–water partition coefficient (Wildman–Crippen LogP) is 3.90. The number of piperazine rings is 1. The molecular weight excluding hydrogens is 476 g/mol. The number of amides is 2. The van der Waals surface area contributed by atoms with Crippen LogP contribution >= 0.6 is 0 Å². The molecule has 1 saturated heterocycles. The molecule has 1 aliphatic rings. The quantitative estimate of drug-likeness (QED) is 0.308. The summed E-state index contributed by atoms with van der Waals surface area (Å²) >= 11 is 0. The van der Waals surface area contributed by atoms with Crippen molar-refractivity contribution in [1.82, 2.24) is 4.90 Å². The van der Waals surface area contributed by atoms with Crippen molar-refractivity contribution in [2.75, 3.05) is 43.5 Å². The Balaban J connectivity index is 1.57. The minimum absolute atomic E-state index is 0.0456. The summed E-state index contributed by atoms with van der Waals surface area (Å²) in [6.45, 7) is 3.57. The summed E-state index contributed by atoms with van der Waals surface area (Å²) in [6, 6.07) is 18.2. The van der Waals surface area contributed by atoms with Crippen molar-refractivity contribution in [3.8, 4) is 0 Å². The first kappa shape index (κ1) is 25.4. The van der Waals surface area contributed by atoms with E-state index in [1.807, 2.05) is 23.1 Å². The smallest absolute Gasteiger partial charge is 0.337 e. The van der Waals surface area contributed by atoms with Crippen molar-refractivity contribution in [3.05, 3.63) is 99.1 Å². The van der Waals surface area contributed by atoms with Crippen LogP contribution < -0.4 is 10.2 Å². The maximum atomic E-state index is 13.1. The van der Waals surface area contributed by atoms with Crippen molar-refractivity contribution < 1.29 is 24.0 Å². The molecule has 37 heavy (non-hydrogen) atoms. The normalized spacial score (nSPS) is 13.1. The maximum Gasteiger partial charge on any atom is 0.337 e. The molecule has 0 aliphatic carbocycles. The van der Waals surface area contributed by atoms with Crippen molar-refractivity contribution in [3.63, 3.8) is 0 Å². The molecule has 0 saturated carbocycles. The zero-order chi connectivity index (χ0) is 26.5. The largest absolute Gasteiger partial charge is 0.465 e. The Hall–Kier alpha value is -4.73. The number of nitro groups is 1. The van der Waals surface area contributed by atoms with Crippen LogP contribution in [0, 0.1) is 17.0 Å². The number of ether oxygens (including phenoxy) is 1. The molecule has 3 aromatic carbocycles. The van der Waals surface area contributed by atoms with Gasteiger partial charge in [0, 0.05) is 48.9 Å². The second-order valence-corrected chi connectivity index (χ2v) is 8.58. The summed E-state index contributed by atoms with van der Waals surface area (Å²) in [7, 11) is 1.27. The maximum absolute atomic E-state index is 13.1. The number of carbonyl (C=O) groups excluding carboxylic acids is 3. The third-order valence-corrected chi connectivity index (χ3v) is 6.26. The number of aryl methyl sites for hydroxylation is 1. The fourth-order valence-electron chi connectivity index (χ4n) is 4.21. The van der Waals surface area contributed by atoms with Gasteiger partial charge in [-0.1, -0.05) is 24.3 Å². The van der Waals surface area contributed by atoms with E-state index >= 15 is 0 Å². The van der Waals surface area contributed by atoms with Crippen LogP contribution in [0.25, 0.3) is 0 Å². The average Bonchev–Trinajstić information content (AvgIpc) is 2.92. The lowest BCUT2D eigenvalue weighted by Gasteiger charge is -2.37. The summed E-state index contributed by atoms with van der Waals surface area (Å²) in [5, 5.41) is 14.1.